The van der Waals surface area contributed by atoms with Gasteiger partial charge in [-0.1, -0.05) is 43.7 Å². The van der Waals surface area contributed by atoms with E-state index >= 15 is 0 Å². The van der Waals surface area contributed by atoms with Crippen molar-refractivity contribution in [2.24, 2.45) is 5.92 Å². The van der Waals surface area contributed by atoms with Gasteiger partial charge >= 0.3 is 5.97 Å². The van der Waals surface area contributed by atoms with Crippen LogP contribution in [0.4, 0.5) is 0 Å². The van der Waals surface area contributed by atoms with Crippen LogP contribution in [0.5, 0.6) is 0 Å². The molecular formula is C13H16O5. The molecule has 1 aromatic carbocycles. The van der Waals surface area contributed by atoms with E-state index in [1.54, 1.807) is 0 Å². The lowest BCUT2D eigenvalue weighted by atomic mass is 9.89. The fourth-order valence-electron chi connectivity index (χ4n) is 2.18. The zero-order valence-electron chi connectivity index (χ0n) is 10.2. The molecule has 0 spiro atoms. The summed E-state index contributed by atoms with van der Waals surface area (Å²) in [5, 5.41) is 9.06. The van der Waals surface area contributed by atoms with Crippen molar-refractivity contribution in [2.45, 2.75) is 32.0 Å². The Morgan fingerprint density at radius 3 is 2.72 bits per heavy atom. The Morgan fingerprint density at radius 2 is 2.11 bits per heavy atom. The van der Waals surface area contributed by atoms with E-state index in [9.17, 15) is 4.79 Å². The highest BCUT2D eigenvalue weighted by Gasteiger charge is 2.54. The number of benzene rings is 1. The molecule has 1 aromatic rings. The SMILES string of the molecule is CCCC1(OO)OOC(=O)C1Cc1ccccc1. The van der Waals surface area contributed by atoms with Gasteiger partial charge in [0, 0.05) is 6.42 Å². The zero-order chi connectivity index (χ0) is 13.0. The van der Waals surface area contributed by atoms with Crippen LogP contribution < -0.4 is 0 Å². The number of hydrogen-bond donors (Lipinski definition) is 1. The maximum atomic E-state index is 11.7. The average Bonchev–Trinajstić information content (AvgIpc) is 2.70. The predicted molar refractivity (Wildman–Crippen MR) is 62.2 cm³/mol. The molecule has 2 unspecified atom stereocenters. The number of rotatable bonds is 5. The van der Waals surface area contributed by atoms with Gasteiger partial charge in [0.15, 0.2) is 0 Å². The lowest BCUT2D eigenvalue weighted by Gasteiger charge is -2.25. The molecule has 1 aliphatic heterocycles. The van der Waals surface area contributed by atoms with Crippen molar-refractivity contribution in [3.8, 4) is 0 Å². The third-order valence-corrected chi connectivity index (χ3v) is 3.12. The molecule has 1 heterocycles. The first kappa shape index (κ1) is 13.0. The van der Waals surface area contributed by atoms with Crippen molar-refractivity contribution in [1.82, 2.24) is 0 Å². The minimum Gasteiger partial charge on any atom is -0.295 e. The molecule has 98 valence electrons. The molecule has 1 saturated heterocycles. The standard InChI is InChI=1S/C13H16O5/c1-2-8-13(17-15)11(12(14)16-18-13)9-10-6-4-3-5-7-10/h3-7,11,15H,2,8-9H2,1H3. The first-order chi connectivity index (χ1) is 8.72. The Balaban J connectivity index is 2.19. The molecular weight excluding hydrogens is 236 g/mol. The second kappa shape index (κ2) is 5.48. The van der Waals surface area contributed by atoms with Crippen molar-refractivity contribution < 1.29 is 24.7 Å². The molecule has 18 heavy (non-hydrogen) atoms. The van der Waals surface area contributed by atoms with Gasteiger partial charge < -0.3 is 0 Å². The lowest BCUT2D eigenvalue weighted by Crippen LogP contribution is -2.40. The van der Waals surface area contributed by atoms with Crippen LogP contribution in [0.2, 0.25) is 0 Å². The maximum absolute atomic E-state index is 11.7. The zero-order valence-corrected chi connectivity index (χ0v) is 10.2. The predicted octanol–water partition coefficient (Wildman–Crippen LogP) is 2.32. The fourth-order valence-corrected chi connectivity index (χ4v) is 2.18. The van der Waals surface area contributed by atoms with Crippen molar-refractivity contribution in [3.63, 3.8) is 0 Å². The molecule has 5 nitrogen and oxygen atoms in total. The maximum Gasteiger partial charge on any atom is 0.351 e. The third-order valence-electron chi connectivity index (χ3n) is 3.12. The molecule has 0 radical (unpaired) electrons. The van der Waals surface area contributed by atoms with Crippen LogP contribution >= 0.6 is 0 Å². The van der Waals surface area contributed by atoms with Gasteiger partial charge in [-0.25, -0.2) is 10.1 Å². The fraction of sp³-hybridized carbons (Fsp3) is 0.462. The van der Waals surface area contributed by atoms with Gasteiger partial charge in [0.2, 0.25) is 0 Å². The highest BCUT2D eigenvalue weighted by atomic mass is 17.3. The summed E-state index contributed by atoms with van der Waals surface area (Å²) in [5.41, 5.74) is 0.961. The van der Waals surface area contributed by atoms with Gasteiger partial charge in [0.1, 0.15) is 5.92 Å². The Kier molecular flexibility index (Phi) is 3.96. The molecule has 2 rings (SSSR count). The monoisotopic (exact) mass is 252 g/mol. The Bertz CT molecular complexity index is 405. The average molecular weight is 252 g/mol. The van der Waals surface area contributed by atoms with Crippen LogP contribution in [0.1, 0.15) is 25.3 Å². The van der Waals surface area contributed by atoms with E-state index in [1.807, 2.05) is 37.3 Å². The number of carbonyl (C=O) groups excluding carboxylic acids is 1. The first-order valence-electron chi connectivity index (χ1n) is 5.98. The van der Waals surface area contributed by atoms with Gasteiger partial charge in [-0.3, -0.25) is 4.89 Å². The van der Waals surface area contributed by atoms with Gasteiger partial charge in [0.25, 0.3) is 5.79 Å². The molecule has 2 atom stereocenters. The summed E-state index contributed by atoms with van der Waals surface area (Å²) in [5.74, 6) is -2.56. The second-order valence-corrected chi connectivity index (χ2v) is 4.38. The molecule has 0 amide bonds. The third kappa shape index (κ3) is 2.38. The number of carbonyl (C=O) groups is 1. The van der Waals surface area contributed by atoms with E-state index in [1.165, 1.54) is 0 Å². The van der Waals surface area contributed by atoms with E-state index in [-0.39, 0.29) is 0 Å². The lowest BCUT2D eigenvalue weighted by molar-refractivity contribution is -0.467. The molecule has 0 saturated carbocycles. The normalized spacial score (nSPS) is 27.2. The summed E-state index contributed by atoms with van der Waals surface area (Å²) in [6.45, 7) is 1.91. The summed E-state index contributed by atoms with van der Waals surface area (Å²) in [7, 11) is 0. The first-order valence-corrected chi connectivity index (χ1v) is 5.98. The van der Waals surface area contributed by atoms with E-state index in [2.05, 4.69) is 9.78 Å². The van der Waals surface area contributed by atoms with Crippen molar-refractivity contribution in [3.05, 3.63) is 35.9 Å². The minimum atomic E-state index is -1.39. The highest BCUT2D eigenvalue weighted by Crippen LogP contribution is 2.37. The summed E-state index contributed by atoms with van der Waals surface area (Å²) < 4.78 is 0. The van der Waals surface area contributed by atoms with Crippen LogP contribution in [-0.4, -0.2) is 17.0 Å². The minimum absolute atomic E-state index is 0.382. The highest BCUT2D eigenvalue weighted by molar-refractivity contribution is 5.74. The van der Waals surface area contributed by atoms with Crippen LogP contribution in [0.25, 0.3) is 0 Å². The van der Waals surface area contributed by atoms with E-state index in [0.29, 0.717) is 19.3 Å². The topological polar surface area (TPSA) is 65.0 Å². The van der Waals surface area contributed by atoms with Gasteiger partial charge in [-0.15, -0.1) is 4.89 Å². The Labute approximate surface area is 105 Å². The molecule has 1 N–H and O–H groups in total. The van der Waals surface area contributed by atoms with Gasteiger partial charge in [0.05, 0.1) is 0 Å². The van der Waals surface area contributed by atoms with Crippen molar-refractivity contribution >= 4 is 5.97 Å². The van der Waals surface area contributed by atoms with Gasteiger partial charge in [-0.2, -0.15) is 4.89 Å². The Morgan fingerprint density at radius 1 is 1.39 bits per heavy atom. The summed E-state index contributed by atoms with van der Waals surface area (Å²) in [6, 6.07) is 9.48. The largest absolute Gasteiger partial charge is 0.351 e. The smallest absolute Gasteiger partial charge is 0.295 e. The quantitative estimate of drug-likeness (QED) is 0.643. The van der Waals surface area contributed by atoms with Crippen molar-refractivity contribution in [2.75, 3.05) is 0 Å². The van der Waals surface area contributed by atoms with Gasteiger partial charge in [-0.05, 0) is 12.0 Å². The molecule has 0 bridgehead atoms. The molecule has 1 aliphatic rings. The van der Waals surface area contributed by atoms with Crippen LogP contribution in [0.3, 0.4) is 0 Å². The molecule has 0 aliphatic carbocycles. The summed E-state index contributed by atoms with van der Waals surface area (Å²) >= 11 is 0. The van der Waals surface area contributed by atoms with E-state index < -0.39 is 17.7 Å². The Hall–Kier alpha value is -1.43. The molecule has 5 heteroatoms. The van der Waals surface area contributed by atoms with Crippen LogP contribution in [0, 0.1) is 5.92 Å². The van der Waals surface area contributed by atoms with E-state index in [4.69, 9.17) is 10.1 Å². The van der Waals surface area contributed by atoms with Crippen LogP contribution in [0.15, 0.2) is 30.3 Å². The van der Waals surface area contributed by atoms with E-state index in [0.717, 1.165) is 5.56 Å². The van der Waals surface area contributed by atoms with Crippen molar-refractivity contribution in [1.29, 1.82) is 0 Å². The summed E-state index contributed by atoms with van der Waals surface area (Å²) in [4.78, 5) is 25.6. The second-order valence-electron chi connectivity index (χ2n) is 4.38. The molecule has 0 aromatic heterocycles. The number of hydrogen-bond acceptors (Lipinski definition) is 5. The summed E-state index contributed by atoms with van der Waals surface area (Å²) in [6.07, 6.45) is 1.48. The molecule has 1 fully saturated rings. The van der Waals surface area contributed by atoms with Crippen LogP contribution in [-0.2, 0) is 25.9 Å².